The molecule has 0 spiro atoms. The second kappa shape index (κ2) is 8.92. The van der Waals surface area contributed by atoms with Gasteiger partial charge in [-0.05, 0) is 98.6 Å². The van der Waals surface area contributed by atoms with E-state index < -0.39 is 5.97 Å². The predicted molar refractivity (Wildman–Crippen MR) is 134 cm³/mol. The number of thioether (sulfide) groups is 1. The summed E-state index contributed by atoms with van der Waals surface area (Å²) in [4.78, 5) is 29.2. The van der Waals surface area contributed by atoms with E-state index in [4.69, 9.17) is 11.6 Å². The molecule has 0 atom stereocenters. The predicted octanol–water partition coefficient (Wildman–Crippen LogP) is 5.95. The molecule has 0 unspecified atom stereocenters. The number of aliphatic imine (C=N–C) groups is 1. The number of benzene rings is 2. The van der Waals surface area contributed by atoms with Crippen LogP contribution in [0.5, 0.6) is 0 Å². The SMILES string of the molecule is Cc1cc(C)cc(N=C2NC(=O)/C(=C/c3cc(C)n(-c4ccc(Cl)c(C(=O)O)c4)c3C)S2)c1. The summed E-state index contributed by atoms with van der Waals surface area (Å²) in [6.07, 6.45) is 1.83. The normalized spacial score (nSPS) is 16.0. The van der Waals surface area contributed by atoms with Gasteiger partial charge >= 0.3 is 5.97 Å². The Hall–Kier alpha value is -3.29. The fourth-order valence-electron chi connectivity index (χ4n) is 3.90. The Morgan fingerprint density at radius 1 is 1.09 bits per heavy atom. The second-order valence-electron chi connectivity index (χ2n) is 7.96. The quantitative estimate of drug-likeness (QED) is 0.452. The summed E-state index contributed by atoms with van der Waals surface area (Å²) in [5, 5.41) is 13.0. The number of aromatic nitrogens is 1. The molecule has 0 radical (unpaired) electrons. The van der Waals surface area contributed by atoms with Crippen LogP contribution in [0.1, 0.15) is 38.4 Å². The molecule has 1 aliphatic rings. The van der Waals surface area contributed by atoms with Crippen LogP contribution in [-0.2, 0) is 4.79 Å². The summed E-state index contributed by atoms with van der Waals surface area (Å²) >= 11 is 7.32. The van der Waals surface area contributed by atoms with Gasteiger partial charge in [-0.3, -0.25) is 4.79 Å². The summed E-state index contributed by atoms with van der Waals surface area (Å²) in [6.45, 7) is 7.88. The van der Waals surface area contributed by atoms with E-state index in [1.165, 1.54) is 11.8 Å². The first-order valence-corrected chi connectivity index (χ1v) is 11.4. The molecular weight excluding hydrogens is 458 g/mol. The fourth-order valence-corrected chi connectivity index (χ4v) is 4.93. The van der Waals surface area contributed by atoms with E-state index in [2.05, 4.69) is 16.4 Å². The number of halogens is 1. The van der Waals surface area contributed by atoms with Crippen molar-refractivity contribution in [2.45, 2.75) is 27.7 Å². The fraction of sp³-hybridized carbons (Fsp3) is 0.160. The first kappa shape index (κ1) is 22.9. The van der Waals surface area contributed by atoms with Crippen molar-refractivity contribution in [2.24, 2.45) is 4.99 Å². The number of nitrogens with one attached hydrogen (secondary N) is 1. The highest BCUT2D eigenvalue weighted by Gasteiger charge is 2.25. The minimum Gasteiger partial charge on any atom is -0.478 e. The Balaban J connectivity index is 1.67. The van der Waals surface area contributed by atoms with Crippen molar-refractivity contribution in [1.29, 1.82) is 0 Å². The maximum Gasteiger partial charge on any atom is 0.337 e. The Morgan fingerprint density at radius 2 is 1.79 bits per heavy atom. The first-order chi connectivity index (χ1) is 15.6. The number of aryl methyl sites for hydroxylation is 3. The molecule has 1 fully saturated rings. The summed E-state index contributed by atoms with van der Waals surface area (Å²) in [5.74, 6) is -1.28. The molecule has 0 bridgehead atoms. The van der Waals surface area contributed by atoms with Gasteiger partial charge in [0.15, 0.2) is 5.17 Å². The Kier molecular flexibility index (Phi) is 6.19. The highest BCUT2D eigenvalue weighted by Crippen LogP contribution is 2.31. The van der Waals surface area contributed by atoms with Gasteiger partial charge in [0.2, 0.25) is 0 Å². The van der Waals surface area contributed by atoms with E-state index in [9.17, 15) is 14.7 Å². The minimum atomic E-state index is -1.08. The zero-order chi connectivity index (χ0) is 23.9. The van der Waals surface area contributed by atoms with E-state index in [-0.39, 0.29) is 16.5 Å². The molecule has 33 heavy (non-hydrogen) atoms. The van der Waals surface area contributed by atoms with Crippen LogP contribution in [0.15, 0.2) is 52.4 Å². The van der Waals surface area contributed by atoms with E-state index in [1.54, 1.807) is 18.2 Å². The molecule has 1 aromatic heterocycles. The second-order valence-corrected chi connectivity index (χ2v) is 9.40. The van der Waals surface area contributed by atoms with Crippen LogP contribution in [0, 0.1) is 27.7 Å². The van der Waals surface area contributed by atoms with Crippen LogP contribution in [-0.4, -0.2) is 26.7 Å². The number of carbonyl (C=O) groups excluding carboxylic acids is 1. The third kappa shape index (κ3) is 4.74. The van der Waals surface area contributed by atoms with Crippen molar-refractivity contribution in [2.75, 3.05) is 0 Å². The lowest BCUT2D eigenvalue weighted by molar-refractivity contribution is -0.115. The van der Waals surface area contributed by atoms with Gasteiger partial charge in [-0.15, -0.1) is 0 Å². The molecule has 6 nitrogen and oxygen atoms in total. The zero-order valence-electron chi connectivity index (χ0n) is 18.6. The molecule has 8 heteroatoms. The molecule has 2 aromatic carbocycles. The van der Waals surface area contributed by atoms with Crippen molar-refractivity contribution in [3.05, 3.63) is 86.0 Å². The zero-order valence-corrected chi connectivity index (χ0v) is 20.1. The number of carboxylic acids is 1. The molecule has 0 aliphatic carbocycles. The molecule has 1 aliphatic heterocycles. The summed E-state index contributed by atoms with van der Waals surface area (Å²) < 4.78 is 1.94. The summed E-state index contributed by atoms with van der Waals surface area (Å²) in [6, 6.07) is 12.9. The third-order valence-corrected chi connectivity index (χ3v) is 6.52. The highest BCUT2D eigenvalue weighted by atomic mass is 35.5. The molecule has 168 valence electrons. The molecule has 2 heterocycles. The van der Waals surface area contributed by atoms with Gasteiger partial charge in [0, 0.05) is 17.1 Å². The number of hydrogen-bond donors (Lipinski definition) is 2. The van der Waals surface area contributed by atoms with E-state index in [0.717, 1.165) is 33.8 Å². The number of amides is 1. The lowest BCUT2D eigenvalue weighted by atomic mass is 10.1. The number of carbonyl (C=O) groups is 2. The van der Waals surface area contributed by atoms with Crippen molar-refractivity contribution in [3.8, 4) is 5.69 Å². The highest BCUT2D eigenvalue weighted by molar-refractivity contribution is 8.18. The van der Waals surface area contributed by atoms with Crippen LogP contribution >= 0.6 is 23.4 Å². The van der Waals surface area contributed by atoms with Crippen molar-refractivity contribution < 1.29 is 14.7 Å². The largest absolute Gasteiger partial charge is 0.478 e. The van der Waals surface area contributed by atoms with E-state index >= 15 is 0 Å². The van der Waals surface area contributed by atoms with E-state index in [0.29, 0.717) is 15.8 Å². The van der Waals surface area contributed by atoms with Gasteiger partial charge in [-0.25, -0.2) is 9.79 Å². The molecule has 2 N–H and O–H groups in total. The van der Waals surface area contributed by atoms with Gasteiger partial charge < -0.3 is 15.0 Å². The van der Waals surface area contributed by atoms with Crippen LogP contribution in [0.4, 0.5) is 5.69 Å². The number of hydrogen-bond acceptors (Lipinski definition) is 4. The van der Waals surface area contributed by atoms with Crippen molar-refractivity contribution in [1.82, 2.24) is 9.88 Å². The topological polar surface area (TPSA) is 83.7 Å². The smallest absolute Gasteiger partial charge is 0.337 e. The molecule has 4 rings (SSSR count). The molecule has 1 saturated heterocycles. The molecule has 3 aromatic rings. The van der Waals surface area contributed by atoms with Gasteiger partial charge in [-0.2, -0.15) is 0 Å². The number of rotatable bonds is 4. The Labute approximate surface area is 201 Å². The third-order valence-electron chi connectivity index (χ3n) is 5.28. The Morgan fingerprint density at radius 3 is 2.45 bits per heavy atom. The molecule has 1 amide bonds. The van der Waals surface area contributed by atoms with Crippen LogP contribution in [0.2, 0.25) is 5.02 Å². The lowest BCUT2D eigenvalue weighted by Gasteiger charge is -2.11. The number of nitrogens with zero attached hydrogens (tertiary/aromatic N) is 2. The maximum absolute atomic E-state index is 12.6. The van der Waals surface area contributed by atoms with Crippen LogP contribution in [0.3, 0.4) is 0 Å². The summed E-state index contributed by atoms with van der Waals surface area (Å²) in [7, 11) is 0. The number of aromatic carboxylic acids is 1. The van der Waals surface area contributed by atoms with Crippen LogP contribution in [0.25, 0.3) is 11.8 Å². The first-order valence-electron chi connectivity index (χ1n) is 10.2. The maximum atomic E-state index is 12.6. The van der Waals surface area contributed by atoms with Crippen molar-refractivity contribution >= 4 is 52.2 Å². The van der Waals surface area contributed by atoms with Gasteiger partial charge in [0.25, 0.3) is 5.91 Å². The summed E-state index contributed by atoms with van der Waals surface area (Å²) in [5.41, 5.74) is 6.41. The van der Waals surface area contributed by atoms with Gasteiger partial charge in [-0.1, -0.05) is 17.7 Å². The number of amidine groups is 1. The lowest BCUT2D eigenvalue weighted by Crippen LogP contribution is -2.19. The standard InChI is InChI=1S/C25H22ClN3O3S/c1-13-7-14(2)9-18(8-13)27-25-28-23(30)22(33-25)11-17-10-15(3)29(16(17)4)19-5-6-21(26)20(12-19)24(31)32/h5-12H,1-4H3,(H,31,32)(H,27,28,30)/b22-11-. The number of carboxylic acid groups (broad SMARTS) is 1. The average molecular weight is 480 g/mol. The molecular formula is C25H22ClN3O3S. The van der Waals surface area contributed by atoms with Gasteiger partial charge in [0.05, 0.1) is 21.2 Å². The average Bonchev–Trinajstić information content (AvgIpc) is 3.19. The van der Waals surface area contributed by atoms with Crippen molar-refractivity contribution in [3.63, 3.8) is 0 Å². The minimum absolute atomic E-state index is 0.0412. The monoisotopic (exact) mass is 479 g/mol. The molecule has 0 saturated carbocycles. The Bertz CT molecular complexity index is 1350. The van der Waals surface area contributed by atoms with Gasteiger partial charge in [0.1, 0.15) is 0 Å². The van der Waals surface area contributed by atoms with Crippen LogP contribution < -0.4 is 5.32 Å². The van der Waals surface area contributed by atoms with E-state index in [1.807, 2.05) is 56.5 Å².